The van der Waals surface area contributed by atoms with Crippen LogP contribution in [0.1, 0.15) is 113 Å². The van der Waals surface area contributed by atoms with E-state index in [9.17, 15) is 75.7 Å². The lowest BCUT2D eigenvalue weighted by Crippen LogP contribution is -2.70. The topological polar surface area (TPSA) is 331 Å². The number of esters is 3. The lowest BCUT2D eigenvalue weighted by atomic mass is 9.33. The normalized spacial score (nSPS) is 41.3. The number of aromatic hydroxyl groups is 6. The molecule has 15 atom stereocenters. The van der Waals surface area contributed by atoms with Gasteiger partial charge in [-0.05, 0) is 109 Å². The van der Waals surface area contributed by atoms with Crippen LogP contribution in [0, 0.1) is 50.2 Å². The number of hydrogen-bond donors (Lipinski definition) is 12. The van der Waals surface area contributed by atoms with Crippen LogP contribution in [0.25, 0.3) is 11.1 Å². The molecule has 3 unspecified atom stereocenters. The molecule has 2 heterocycles. The molecule has 1 saturated heterocycles. The summed E-state index contributed by atoms with van der Waals surface area (Å²) in [7, 11) is 0. The van der Waals surface area contributed by atoms with Crippen molar-refractivity contribution in [3.63, 3.8) is 0 Å². The van der Waals surface area contributed by atoms with E-state index in [1.54, 1.807) is 0 Å². The minimum Gasteiger partial charge on any atom is -0.504 e. The molecule has 9 rings (SSSR count). The molecule has 7 aliphatic rings. The van der Waals surface area contributed by atoms with Crippen LogP contribution < -0.4 is 0 Å². The second-order valence-electron chi connectivity index (χ2n) is 22.6. The van der Waals surface area contributed by atoms with Gasteiger partial charge in [0.25, 0.3) is 0 Å². The zero-order valence-electron chi connectivity index (χ0n) is 39.2. The first kappa shape index (κ1) is 49.1. The summed E-state index contributed by atoms with van der Waals surface area (Å²) in [5.41, 5.74) is -6.69. The fraction of sp³-hybridized carbons (Fsp3) is 0.660. The highest BCUT2D eigenvalue weighted by molar-refractivity contribution is 6.08. The molecular formula is C50H64O19. The summed E-state index contributed by atoms with van der Waals surface area (Å²) >= 11 is 0. The van der Waals surface area contributed by atoms with E-state index in [0.717, 1.165) is 11.6 Å². The van der Waals surface area contributed by atoms with Gasteiger partial charge in [0.2, 0.25) is 17.8 Å². The van der Waals surface area contributed by atoms with Crippen LogP contribution in [0.4, 0.5) is 0 Å². The van der Waals surface area contributed by atoms with Crippen LogP contribution in [0.5, 0.6) is 34.5 Å². The maximum atomic E-state index is 14.7. The van der Waals surface area contributed by atoms with Gasteiger partial charge in [0, 0.05) is 11.1 Å². The van der Waals surface area contributed by atoms with Crippen molar-refractivity contribution < 1.29 is 94.6 Å². The lowest BCUT2D eigenvalue weighted by Gasteiger charge is -2.71. The average Bonchev–Trinajstić information content (AvgIpc) is 3.31. The highest BCUT2D eigenvalue weighted by Gasteiger charge is 2.72. The van der Waals surface area contributed by atoms with Crippen molar-refractivity contribution in [2.45, 2.75) is 135 Å². The van der Waals surface area contributed by atoms with E-state index >= 15 is 0 Å². The van der Waals surface area contributed by atoms with Gasteiger partial charge < -0.3 is 80.2 Å². The second kappa shape index (κ2) is 16.3. The number of rotatable bonds is 4. The lowest BCUT2D eigenvalue weighted by molar-refractivity contribution is -0.297. The predicted octanol–water partition coefficient (Wildman–Crippen LogP) is 3.35. The molecule has 2 aliphatic heterocycles. The van der Waals surface area contributed by atoms with Crippen LogP contribution in [0.2, 0.25) is 0 Å². The van der Waals surface area contributed by atoms with Gasteiger partial charge in [-0.1, -0.05) is 46.3 Å². The van der Waals surface area contributed by atoms with E-state index in [4.69, 9.17) is 18.9 Å². The number of carbonyl (C=O) groups is 3. The van der Waals surface area contributed by atoms with Gasteiger partial charge in [-0.25, -0.2) is 9.59 Å². The molecule has 5 aliphatic carbocycles. The van der Waals surface area contributed by atoms with Crippen LogP contribution in [-0.2, 0) is 23.7 Å². The first-order chi connectivity index (χ1) is 32.3. The summed E-state index contributed by atoms with van der Waals surface area (Å²) in [6.07, 6.45) is -4.82. The van der Waals surface area contributed by atoms with E-state index in [1.807, 2.05) is 6.92 Å². The van der Waals surface area contributed by atoms with E-state index < -0.39 is 170 Å². The van der Waals surface area contributed by atoms with E-state index in [1.165, 1.54) is 0 Å². The first-order valence-corrected chi connectivity index (χ1v) is 23.7. The molecule has 0 aromatic heterocycles. The SMILES string of the molecule is CC1(C)CC[C@]2(C(=O)O[C@@H]3O[C@H](CO)[C@@H](O)[C@H](O)[C@H]3O)CC[C@]3(C)C(=CCC4[C@@]5(C)C[C@@H](O)[C@@H]6OC(=O)c7cc(O)c(O)c(O)c7-c7c(cc(O)c(O)c7O)C(=O)OC[C@@]6(CO)C5CC[C@]43C)C2C1. The van der Waals surface area contributed by atoms with Gasteiger partial charge in [0.15, 0.2) is 23.0 Å². The van der Waals surface area contributed by atoms with Crippen molar-refractivity contribution in [3.05, 3.63) is 34.9 Å². The Labute approximate surface area is 397 Å². The number of phenolic OH excluding ortho intramolecular Hbond substituents is 6. The Morgan fingerprint density at radius 3 is 1.96 bits per heavy atom. The van der Waals surface area contributed by atoms with E-state index in [0.29, 0.717) is 57.4 Å². The van der Waals surface area contributed by atoms with E-state index in [-0.39, 0.29) is 23.7 Å². The summed E-state index contributed by atoms with van der Waals surface area (Å²) in [6.45, 7) is 8.65. The largest absolute Gasteiger partial charge is 0.504 e. The van der Waals surface area contributed by atoms with Crippen LogP contribution in [0.3, 0.4) is 0 Å². The third-order valence-corrected chi connectivity index (χ3v) is 18.8. The second-order valence-corrected chi connectivity index (χ2v) is 22.6. The number of carbonyl (C=O) groups excluding carboxylic acids is 3. The number of phenols is 6. The molecule has 0 spiro atoms. The Morgan fingerprint density at radius 2 is 1.35 bits per heavy atom. The number of allylic oxidation sites excluding steroid dienone is 2. The smallest absolute Gasteiger partial charge is 0.339 e. The third kappa shape index (κ3) is 6.80. The zero-order valence-corrected chi connectivity index (χ0v) is 39.2. The fourth-order valence-corrected chi connectivity index (χ4v) is 14.9. The molecule has 69 heavy (non-hydrogen) atoms. The van der Waals surface area contributed by atoms with Crippen molar-refractivity contribution in [1.82, 2.24) is 0 Å². The molecule has 0 bridgehead atoms. The van der Waals surface area contributed by atoms with Gasteiger partial charge in [0.05, 0.1) is 41.3 Å². The van der Waals surface area contributed by atoms with Gasteiger partial charge in [-0.3, -0.25) is 4.79 Å². The summed E-state index contributed by atoms with van der Waals surface area (Å²) in [5.74, 6) is -11.0. The van der Waals surface area contributed by atoms with Gasteiger partial charge in [0.1, 0.15) is 37.1 Å². The van der Waals surface area contributed by atoms with Crippen molar-refractivity contribution in [3.8, 4) is 45.6 Å². The third-order valence-electron chi connectivity index (χ3n) is 18.8. The molecule has 0 radical (unpaired) electrons. The standard InChI is InChI=1S/C50H64O19/c1-45(2)10-12-49(44(65)69-43-39(62)38(61)35(58)28(18-51)67-43)13-11-47(4)23(24(49)16-45)6-7-29-46(3)17-27(55)40-50(19-52,30(46)8-9-48(29,47)5)20-66-41(63)21-14-25(53)33(56)36(59)31(21)32-22(42(64)68-40)15-26(54)34(57)37(32)60/h6,14-15,24,27-30,35,38-40,43,51-62H,7-13,16-20H2,1-5H3/t24?,27-,28-,29?,30?,35-,38+,39-,40+,43+,46-,47-,48-,49+,50+/m1/s1. The van der Waals surface area contributed by atoms with Gasteiger partial charge >= 0.3 is 17.9 Å². The molecule has 2 aromatic carbocycles. The molecular weight excluding hydrogens is 905 g/mol. The van der Waals surface area contributed by atoms with Crippen LogP contribution >= 0.6 is 0 Å². The molecule has 19 nitrogen and oxygen atoms in total. The highest BCUT2D eigenvalue weighted by atomic mass is 16.7. The molecule has 5 fully saturated rings. The van der Waals surface area contributed by atoms with Gasteiger partial charge in [-0.2, -0.15) is 0 Å². The zero-order chi connectivity index (χ0) is 50.3. The minimum absolute atomic E-state index is 0.0400. The summed E-state index contributed by atoms with van der Waals surface area (Å²) in [5, 5.41) is 130. The van der Waals surface area contributed by atoms with Crippen LogP contribution in [-0.4, -0.2) is 142 Å². The van der Waals surface area contributed by atoms with Crippen molar-refractivity contribution in [1.29, 1.82) is 0 Å². The molecule has 12 N–H and O–H groups in total. The number of cyclic esters (lactones) is 1. The number of aliphatic hydroxyl groups excluding tert-OH is 6. The minimum atomic E-state index is -1.77. The monoisotopic (exact) mass is 968 g/mol. The maximum Gasteiger partial charge on any atom is 0.339 e. The molecule has 19 heteroatoms. The maximum absolute atomic E-state index is 14.7. The summed E-state index contributed by atoms with van der Waals surface area (Å²) in [4.78, 5) is 43.5. The quantitative estimate of drug-likeness (QED) is 0.0904. The Bertz CT molecular complexity index is 2500. The molecule has 0 amide bonds. The fourth-order valence-electron chi connectivity index (χ4n) is 14.9. The first-order valence-electron chi connectivity index (χ1n) is 23.7. The predicted molar refractivity (Wildman–Crippen MR) is 237 cm³/mol. The Morgan fingerprint density at radius 1 is 0.739 bits per heavy atom. The Kier molecular flexibility index (Phi) is 11.6. The van der Waals surface area contributed by atoms with E-state index in [2.05, 4.69) is 33.8 Å². The van der Waals surface area contributed by atoms with Crippen molar-refractivity contribution in [2.75, 3.05) is 19.8 Å². The molecule has 2 aromatic rings. The summed E-state index contributed by atoms with van der Waals surface area (Å²) < 4.78 is 23.6. The molecule has 4 saturated carbocycles. The van der Waals surface area contributed by atoms with Crippen molar-refractivity contribution in [2.24, 2.45) is 50.2 Å². The number of fused-ring (bicyclic) bond motifs is 12. The van der Waals surface area contributed by atoms with Crippen molar-refractivity contribution >= 4 is 17.9 Å². The Hall–Kier alpha value is -4.89. The summed E-state index contributed by atoms with van der Waals surface area (Å²) in [6, 6.07) is 1.44. The van der Waals surface area contributed by atoms with Crippen LogP contribution in [0.15, 0.2) is 23.8 Å². The highest BCUT2D eigenvalue weighted by Crippen LogP contribution is 2.76. The number of ether oxygens (including phenoxy) is 4. The number of benzene rings is 2. The Balaban J connectivity index is 1.10. The molecule has 378 valence electrons. The number of hydrogen-bond acceptors (Lipinski definition) is 19. The number of aliphatic hydroxyl groups is 6. The average molecular weight is 969 g/mol. The van der Waals surface area contributed by atoms with Gasteiger partial charge in [-0.15, -0.1) is 0 Å².